The summed E-state index contributed by atoms with van der Waals surface area (Å²) in [6.07, 6.45) is 4.36. The van der Waals surface area contributed by atoms with Gasteiger partial charge in [-0.1, -0.05) is 31.2 Å². The number of piperazine rings is 1. The van der Waals surface area contributed by atoms with Gasteiger partial charge in [-0.15, -0.1) is 0 Å². The van der Waals surface area contributed by atoms with Crippen LogP contribution in [0.2, 0.25) is 0 Å². The number of rotatable bonds is 6. The average Bonchev–Trinajstić information content (AvgIpc) is 3.31. The molecule has 0 radical (unpaired) electrons. The van der Waals surface area contributed by atoms with Crippen molar-refractivity contribution < 1.29 is 14.7 Å². The van der Waals surface area contributed by atoms with Crippen LogP contribution in [0.5, 0.6) is 0 Å². The Kier molecular flexibility index (Phi) is 7.30. The van der Waals surface area contributed by atoms with E-state index in [1.54, 1.807) is 6.20 Å². The molecular weight excluding hydrogens is 466 g/mol. The van der Waals surface area contributed by atoms with E-state index in [2.05, 4.69) is 23.0 Å². The van der Waals surface area contributed by atoms with Crippen LogP contribution in [0.15, 0.2) is 54.9 Å². The number of hydrogen-bond acceptors (Lipinski definition) is 6. The topological polar surface area (TPSA) is 89.9 Å². The van der Waals surface area contributed by atoms with Crippen LogP contribution in [0.25, 0.3) is 22.4 Å². The number of carbonyl (C=O) groups is 2. The summed E-state index contributed by atoms with van der Waals surface area (Å²) in [5, 5.41) is 9.88. The highest BCUT2D eigenvalue weighted by Gasteiger charge is 2.37. The molecule has 4 heterocycles. The standard InChI is InChI=1S/C29H33N5O3/c1-3-26(36)34-19-23-17-24(29(37)33-13-11-32(2)12-14-33)31-28(27(23)25(34)9-15-35)21-7-4-6-20(16-21)22-8-5-10-30-18-22/h4-8,10,16-18,25,35H,3,9,11-15,19H2,1-2H3/t25-/m0/s1. The fourth-order valence-corrected chi connectivity index (χ4v) is 5.33. The lowest BCUT2D eigenvalue weighted by molar-refractivity contribution is -0.133. The Hall–Kier alpha value is -3.62. The average molecular weight is 500 g/mol. The minimum atomic E-state index is -0.287. The van der Waals surface area contributed by atoms with Gasteiger partial charge in [-0.3, -0.25) is 14.6 Å². The van der Waals surface area contributed by atoms with Crippen molar-refractivity contribution in [1.82, 2.24) is 24.7 Å². The lowest BCUT2D eigenvalue weighted by Crippen LogP contribution is -2.47. The molecule has 0 saturated carbocycles. The number of benzene rings is 1. The van der Waals surface area contributed by atoms with Crippen LogP contribution < -0.4 is 0 Å². The van der Waals surface area contributed by atoms with Gasteiger partial charge in [0.1, 0.15) is 5.69 Å². The highest BCUT2D eigenvalue weighted by Crippen LogP contribution is 2.42. The summed E-state index contributed by atoms with van der Waals surface area (Å²) in [5.41, 5.74) is 5.81. The number of amides is 2. The summed E-state index contributed by atoms with van der Waals surface area (Å²) in [6.45, 7) is 5.19. The molecule has 3 aromatic rings. The van der Waals surface area contributed by atoms with E-state index in [9.17, 15) is 14.7 Å². The quantitative estimate of drug-likeness (QED) is 0.559. The molecule has 5 rings (SSSR count). The van der Waals surface area contributed by atoms with Crippen molar-refractivity contribution in [3.63, 3.8) is 0 Å². The minimum Gasteiger partial charge on any atom is -0.396 e. The van der Waals surface area contributed by atoms with E-state index >= 15 is 0 Å². The number of aliphatic hydroxyl groups excluding tert-OH is 1. The number of hydrogen-bond donors (Lipinski definition) is 1. The predicted molar refractivity (Wildman–Crippen MR) is 142 cm³/mol. The molecule has 2 aliphatic heterocycles. The van der Waals surface area contributed by atoms with Gasteiger partial charge in [-0.25, -0.2) is 4.98 Å². The van der Waals surface area contributed by atoms with E-state index in [4.69, 9.17) is 4.98 Å². The number of carbonyl (C=O) groups excluding carboxylic acids is 2. The second kappa shape index (κ2) is 10.8. The first-order valence-corrected chi connectivity index (χ1v) is 12.9. The van der Waals surface area contributed by atoms with E-state index in [-0.39, 0.29) is 24.5 Å². The molecule has 1 N–H and O–H groups in total. The van der Waals surface area contributed by atoms with Gasteiger partial charge >= 0.3 is 0 Å². The molecule has 2 amide bonds. The lowest BCUT2D eigenvalue weighted by Gasteiger charge is -2.32. The smallest absolute Gasteiger partial charge is 0.272 e. The van der Waals surface area contributed by atoms with E-state index in [1.165, 1.54) is 0 Å². The molecule has 8 nitrogen and oxygen atoms in total. The SMILES string of the molecule is CCC(=O)N1Cc2cc(C(=O)N3CCN(C)CC3)nc(-c3cccc(-c4cccnc4)c3)c2[C@@H]1CCO. The van der Waals surface area contributed by atoms with Crippen molar-refractivity contribution in [3.8, 4) is 22.4 Å². The maximum atomic E-state index is 13.6. The van der Waals surface area contributed by atoms with E-state index in [0.717, 1.165) is 40.9 Å². The number of pyridine rings is 2. The Labute approximate surface area is 217 Å². The van der Waals surface area contributed by atoms with Crippen LogP contribution in [-0.2, 0) is 11.3 Å². The Morgan fingerprint density at radius 3 is 2.49 bits per heavy atom. The van der Waals surface area contributed by atoms with Gasteiger partial charge in [0.2, 0.25) is 5.91 Å². The summed E-state index contributed by atoms with van der Waals surface area (Å²) in [7, 11) is 2.06. The van der Waals surface area contributed by atoms with Crippen LogP contribution in [0.3, 0.4) is 0 Å². The number of likely N-dealkylation sites (N-methyl/N-ethyl adjacent to an activating group) is 1. The molecule has 37 heavy (non-hydrogen) atoms. The van der Waals surface area contributed by atoms with Crippen LogP contribution in [0.1, 0.15) is 47.4 Å². The number of aromatic nitrogens is 2. The molecule has 1 atom stereocenters. The fourth-order valence-electron chi connectivity index (χ4n) is 5.33. The zero-order valence-corrected chi connectivity index (χ0v) is 21.4. The summed E-state index contributed by atoms with van der Waals surface area (Å²) >= 11 is 0. The van der Waals surface area contributed by atoms with Crippen molar-refractivity contribution in [1.29, 1.82) is 0 Å². The Bertz CT molecular complexity index is 1290. The van der Waals surface area contributed by atoms with Crippen LogP contribution in [0.4, 0.5) is 0 Å². The van der Waals surface area contributed by atoms with Crippen molar-refractivity contribution in [2.75, 3.05) is 39.8 Å². The third kappa shape index (κ3) is 4.99. The normalized spacial score (nSPS) is 17.6. The molecule has 192 valence electrons. The third-order valence-electron chi connectivity index (χ3n) is 7.36. The number of aliphatic hydroxyl groups is 1. The van der Waals surface area contributed by atoms with Gasteiger partial charge in [-0.05, 0) is 42.8 Å². The zero-order chi connectivity index (χ0) is 25.9. The van der Waals surface area contributed by atoms with Gasteiger partial charge < -0.3 is 19.8 Å². The van der Waals surface area contributed by atoms with Gasteiger partial charge in [-0.2, -0.15) is 0 Å². The maximum Gasteiger partial charge on any atom is 0.272 e. The van der Waals surface area contributed by atoms with Gasteiger partial charge in [0.15, 0.2) is 0 Å². The van der Waals surface area contributed by atoms with Crippen LogP contribution >= 0.6 is 0 Å². The molecule has 0 spiro atoms. The summed E-state index contributed by atoms with van der Waals surface area (Å²) in [4.78, 5) is 41.6. The van der Waals surface area contributed by atoms with Crippen LogP contribution in [0, 0.1) is 0 Å². The molecule has 0 bridgehead atoms. The van der Waals surface area contributed by atoms with E-state index < -0.39 is 0 Å². The first-order valence-electron chi connectivity index (χ1n) is 12.9. The minimum absolute atomic E-state index is 0.0247. The molecule has 1 aromatic carbocycles. The van der Waals surface area contributed by atoms with Crippen molar-refractivity contribution in [3.05, 3.63) is 71.7 Å². The zero-order valence-electron chi connectivity index (χ0n) is 21.4. The predicted octanol–water partition coefficient (Wildman–Crippen LogP) is 3.37. The van der Waals surface area contributed by atoms with Gasteiger partial charge in [0.25, 0.3) is 5.91 Å². The van der Waals surface area contributed by atoms with Crippen LogP contribution in [-0.4, -0.2) is 81.4 Å². The molecule has 2 aromatic heterocycles. The maximum absolute atomic E-state index is 13.6. The number of fused-ring (bicyclic) bond motifs is 1. The van der Waals surface area contributed by atoms with Gasteiger partial charge in [0.05, 0.1) is 11.7 Å². The monoisotopic (exact) mass is 499 g/mol. The molecule has 0 aliphatic carbocycles. The Morgan fingerprint density at radius 1 is 1.03 bits per heavy atom. The second-order valence-electron chi connectivity index (χ2n) is 9.75. The lowest BCUT2D eigenvalue weighted by atomic mass is 9.94. The molecular formula is C29H33N5O3. The van der Waals surface area contributed by atoms with Crippen molar-refractivity contribution >= 4 is 11.8 Å². The van der Waals surface area contributed by atoms with E-state index in [1.807, 2.05) is 59.3 Å². The Balaban J connectivity index is 1.63. The first-order chi connectivity index (χ1) is 18.0. The summed E-state index contributed by atoms with van der Waals surface area (Å²) in [5.74, 6) is -0.0591. The highest BCUT2D eigenvalue weighted by molar-refractivity contribution is 5.94. The van der Waals surface area contributed by atoms with E-state index in [0.29, 0.717) is 43.9 Å². The molecule has 1 saturated heterocycles. The molecule has 8 heteroatoms. The second-order valence-corrected chi connectivity index (χ2v) is 9.75. The van der Waals surface area contributed by atoms with Crippen molar-refractivity contribution in [2.24, 2.45) is 0 Å². The first kappa shape index (κ1) is 25.0. The molecule has 0 unspecified atom stereocenters. The van der Waals surface area contributed by atoms with Gasteiger partial charge in [0, 0.05) is 74.8 Å². The van der Waals surface area contributed by atoms with Crippen molar-refractivity contribution in [2.45, 2.75) is 32.4 Å². The molecule has 2 aliphatic rings. The number of nitrogens with zero attached hydrogens (tertiary/aromatic N) is 5. The Morgan fingerprint density at radius 2 is 1.78 bits per heavy atom. The summed E-state index contributed by atoms with van der Waals surface area (Å²) < 4.78 is 0. The fraction of sp³-hybridized carbons (Fsp3) is 0.379. The highest BCUT2D eigenvalue weighted by atomic mass is 16.3. The summed E-state index contributed by atoms with van der Waals surface area (Å²) in [6, 6.07) is 13.5. The third-order valence-corrected chi connectivity index (χ3v) is 7.36. The molecule has 1 fully saturated rings. The largest absolute Gasteiger partial charge is 0.396 e.